The highest BCUT2D eigenvalue weighted by Gasteiger charge is 2.73. The summed E-state index contributed by atoms with van der Waals surface area (Å²) in [6, 6.07) is 5.41. The molecule has 0 atom stereocenters. The van der Waals surface area contributed by atoms with Crippen LogP contribution < -0.4 is 4.74 Å². The summed E-state index contributed by atoms with van der Waals surface area (Å²) in [6.45, 7) is 3.11. The van der Waals surface area contributed by atoms with Crippen molar-refractivity contribution >= 4 is 11.8 Å². The van der Waals surface area contributed by atoms with E-state index < -0.39 is 29.8 Å². The first-order chi connectivity index (χ1) is 11.1. The molecule has 1 aliphatic rings. The van der Waals surface area contributed by atoms with E-state index in [0.717, 1.165) is 0 Å². The van der Waals surface area contributed by atoms with E-state index in [1.54, 1.807) is 0 Å². The Balaban J connectivity index is 2.75. The molecule has 0 saturated carbocycles. The molecule has 1 aromatic carbocycles. The van der Waals surface area contributed by atoms with Gasteiger partial charge in [0.05, 0.1) is 12.7 Å². The molecule has 4 nitrogen and oxygen atoms in total. The molecule has 0 aromatic heterocycles. The lowest BCUT2D eigenvalue weighted by Gasteiger charge is -2.33. The SMILES string of the molecule is C=CC1=NC(C(F)(F)F)(C(F)(F)F)N=C(c2ccccc2OC)O1. The molecule has 1 aromatic rings. The quantitative estimate of drug-likeness (QED) is 0.775. The van der Waals surface area contributed by atoms with Crippen LogP contribution in [0.25, 0.3) is 0 Å². The van der Waals surface area contributed by atoms with Crippen molar-refractivity contribution in [3.8, 4) is 5.75 Å². The Morgan fingerprint density at radius 1 is 1.08 bits per heavy atom. The number of methoxy groups -OCH3 is 1. The summed E-state index contributed by atoms with van der Waals surface area (Å²) in [7, 11) is 1.20. The van der Waals surface area contributed by atoms with E-state index >= 15 is 0 Å². The fourth-order valence-electron chi connectivity index (χ4n) is 1.91. The summed E-state index contributed by atoms with van der Waals surface area (Å²) < 4.78 is 89.1. The molecule has 130 valence electrons. The lowest BCUT2D eigenvalue weighted by molar-refractivity contribution is -0.293. The first kappa shape index (κ1) is 17.8. The number of halogens is 6. The Labute approximate surface area is 132 Å². The Hall–Kier alpha value is -2.52. The number of hydrogen-bond acceptors (Lipinski definition) is 4. The maximum absolute atomic E-state index is 13.2. The van der Waals surface area contributed by atoms with Crippen molar-refractivity contribution in [2.24, 2.45) is 9.98 Å². The van der Waals surface area contributed by atoms with Crippen LogP contribution in [-0.4, -0.2) is 36.9 Å². The smallest absolute Gasteiger partial charge is 0.443 e. The van der Waals surface area contributed by atoms with Gasteiger partial charge < -0.3 is 9.47 Å². The van der Waals surface area contributed by atoms with Crippen molar-refractivity contribution in [3.63, 3.8) is 0 Å². The third-order valence-corrected chi connectivity index (χ3v) is 3.04. The zero-order valence-corrected chi connectivity index (χ0v) is 12.1. The van der Waals surface area contributed by atoms with Crippen LogP contribution in [0.3, 0.4) is 0 Å². The van der Waals surface area contributed by atoms with Crippen LogP contribution in [0.2, 0.25) is 0 Å². The van der Waals surface area contributed by atoms with Crippen LogP contribution in [0.1, 0.15) is 5.56 Å². The number of ether oxygens (including phenoxy) is 2. The van der Waals surface area contributed by atoms with Gasteiger partial charge in [0.25, 0.3) is 0 Å². The van der Waals surface area contributed by atoms with Crippen molar-refractivity contribution in [2.75, 3.05) is 7.11 Å². The van der Waals surface area contributed by atoms with Crippen LogP contribution in [0.15, 0.2) is 46.9 Å². The first-order valence-corrected chi connectivity index (χ1v) is 6.32. The highest BCUT2D eigenvalue weighted by Crippen LogP contribution is 2.49. The van der Waals surface area contributed by atoms with Crippen molar-refractivity contribution in [3.05, 3.63) is 42.5 Å². The minimum Gasteiger partial charge on any atom is -0.496 e. The normalized spacial score (nSPS) is 17.5. The Morgan fingerprint density at radius 2 is 1.67 bits per heavy atom. The summed E-state index contributed by atoms with van der Waals surface area (Å²) in [6.07, 6.45) is -11.0. The molecule has 0 saturated heterocycles. The highest BCUT2D eigenvalue weighted by molar-refractivity contribution is 6.07. The van der Waals surface area contributed by atoms with Gasteiger partial charge in [-0.15, -0.1) is 0 Å². The number of hydrogen-bond donors (Lipinski definition) is 0. The zero-order valence-electron chi connectivity index (χ0n) is 12.1. The molecular formula is C14H10F6N2O2. The standard InChI is InChI=1S/C14H10F6N2O2/c1-3-10-21-12(13(15,16)17,14(18,19)20)22-11(24-10)8-6-4-5-7-9(8)23-2/h3-7H,1H2,2H3. The summed E-state index contributed by atoms with van der Waals surface area (Å²) in [5.74, 6) is -1.90. The van der Waals surface area contributed by atoms with E-state index in [0.29, 0.717) is 6.08 Å². The Morgan fingerprint density at radius 3 is 2.17 bits per heavy atom. The van der Waals surface area contributed by atoms with E-state index in [4.69, 9.17) is 9.47 Å². The van der Waals surface area contributed by atoms with Crippen LogP contribution in [0, 0.1) is 0 Å². The lowest BCUT2D eigenvalue weighted by atomic mass is 10.1. The minimum absolute atomic E-state index is 0.0141. The highest BCUT2D eigenvalue weighted by atomic mass is 19.4. The van der Waals surface area contributed by atoms with Gasteiger partial charge in [0.2, 0.25) is 11.8 Å². The molecule has 0 unspecified atom stereocenters. The molecule has 0 radical (unpaired) electrons. The molecule has 0 bridgehead atoms. The maximum Gasteiger partial charge on any atom is 0.443 e. The van der Waals surface area contributed by atoms with Gasteiger partial charge in [-0.1, -0.05) is 18.7 Å². The van der Waals surface area contributed by atoms with E-state index in [2.05, 4.69) is 16.6 Å². The summed E-state index contributed by atoms with van der Waals surface area (Å²) in [5, 5.41) is 0. The van der Waals surface area contributed by atoms with Crippen LogP contribution in [0.5, 0.6) is 5.75 Å². The second-order valence-corrected chi connectivity index (χ2v) is 4.54. The second kappa shape index (κ2) is 5.84. The molecule has 2 rings (SSSR count). The van der Waals surface area contributed by atoms with E-state index in [-0.39, 0.29) is 11.3 Å². The summed E-state index contributed by atoms with van der Waals surface area (Å²) in [5.41, 5.74) is -4.87. The lowest BCUT2D eigenvalue weighted by Crippen LogP contribution is -2.56. The van der Waals surface area contributed by atoms with Gasteiger partial charge in [-0.3, -0.25) is 0 Å². The predicted octanol–water partition coefficient (Wildman–Crippen LogP) is 3.88. The van der Waals surface area contributed by atoms with Crippen molar-refractivity contribution in [1.82, 2.24) is 0 Å². The molecule has 1 heterocycles. The van der Waals surface area contributed by atoms with Gasteiger partial charge >= 0.3 is 18.0 Å². The van der Waals surface area contributed by atoms with Gasteiger partial charge in [0.1, 0.15) is 5.75 Å². The van der Waals surface area contributed by atoms with Crippen molar-refractivity contribution in [1.29, 1.82) is 0 Å². The summed E-state index contributed by atoms with van der Waals surface area (Å²) >= 11 is 0. The van der Waals surface area contributed by atoms with Crippen LogP contribution >= 0.6 is 0 Å². The maximum atomic E-state index is 13.2. The van der Waals surface area contributed by atoms with Crippen LogP contribution in [-0.2, 0) is 4.74 Å². The van der Waals surface area contributed by atoms with E-state index in [1.807, 2.05) is 0 Å². The molecule has 0 N–H and O–H groups in total. The van der Waals surface area contributed by atoms with Crippen molar-refractivity contribution < 1.29 is 35.8 Å². The number of alkyl halides is 6. The number of benzene rings is 1. The van der Waals surface area contributed by atoms with Gasteiger partial charge in [-0.25, -0.2) is 9.98 Å². The average Bonchev–Trinajstić information content (AvgIpc) is 2.52. The van der Waals surface area contributed by atoms with E-state index in [9.17, 15) is 26.3 Å². The van der Waals surface area contributed by atoms with Crippen LogP contribution in [0.4, 0.5) is 26.3 Å². The fourth-order valence-corrected chi connectivity index (χ4v) is 1.91. The third kappa shape index (κ3) is 2.83. The monoisotopic (exact) mass is 352 g/mol. The zero-order chi connectivity index (χ0) is 18.2. The van der Waals surface area contributed by atoms with Gasteiger partial charge in [0.15, 0.2) is 0 Å². The molecule has 0 aliphatic carbocycles. The second-order valence-electron chi connectivity index (χ2n) is 4.54. The number of aliphatic imine (C=N–C) groups is 2. The molecule has 24 heavy (non-hydrogen) atoms. The number of rotatable bonds is 3. The number of para-hydroxylation sites is 1. The Kier molecular flexibility index (Phi) is 4.34. The Bertz CT molecular complexity index is 692. The largest absolute Gasteiger partial charge is 0.496 e. The fraction of sp³-hybridized carbons (Fsp3) is 0.286. The van der Waals surface area contributed by atoms with E-state index in [1.165, 1.54) is 31.4 Å². The molecule has 0 amide bonds. The van der Waals surface area contributed by atoms with Gasteiger partial charge in [-0.2, -0.15) is 26.3 Å². The topological polar surface area (TPSA) is 43.2 Å². The molecule has 0 fully saturated rings. The molecule has 1 aliphatic heterocycles. The van der Waals surface area contributed by atoms with Gasteiger partial charge in [-0.05, 0) is 18.2 Å². The predicted molar refractivity (Wildman–Crippen MR) is 73.1 cm³/mol. The first-order valence-electron chi connectivity index (χ1n) is 6.32. The average molecular weight is 352 g/mol. The molecule has 0 spiro atoms. The minimum atomic E-state index is -5.84. The summed E-state index contributed by atoms with van der Waals surface area (Å²) in [4.78, 5) is 5.37. The molecule has 10 heteroatoms. The van der Waals surface area contributed by atoms with Gasteiger partial charge in [0, 0.05) is 0 Å². The van der Waals surface area contributed by atoms with Crippen molar-refractivity contribution in [2.45, 2.75) is 18.0 Å². The molecular weight excluding hydrogens is 342 g/mol. The third-order valence-electron chi connectivity index (χ3n) is 3.04. The number of nitrogens with zero attached hydrogens (tertiary/aromatic N) is 2.